The molecule has 10 heavy (non-hydrogen) atoms. The fraction of sp³-hybridized carbons (Fsp3) is 0.333. The second-order valence-corrected chi connectivity index (χ2v) is 3.47. The smallest absolute Gasteiger partial charge is 0.161 e. The Labute approximate surface area is 72.4 Å². The number of carbonyl (C=O) groups excluding carboxylic acids is 1. The van der Waals surface area contributed by atoms with E-state index in [1.54, 1.807) is 0 Å². The second-order valence-electron chi connectivity index (χ2n) is 1.13. The van der Waals surface area contributed by atoms with Crippen LogP contribution in [0.1, 0.15) is 23.5 Å². The lowest BCUT2D eigenvalue weighted by Crippen LogP contribution is -1.63. The van der Waals surface area contributed by atoms with Crippen molar-refractivity contribution >= 4 is 33.6 Å². The van der Waals surface area contributed by atoms with E-state index in [9.17, 15) is 4.79 Å². The second kappa shape index (κ2) is 5.56. The molecule has 0 N–H and O–H groups in total. The van der Waals surface area contributed by atoms with E-state index in [0.29, 0.717) is 4.88 Å². The minimum absolute atomic E-state index is 0.650. The van der Waals surface area contributed by atoms with Crippen molar-refractivity contribution in [3.8, 4) is 0 Å². The summed E-state index contributed by atoms with van der Waals surface area (Å²) in [5, 5.41) is 0. The molecule has 56 valence electrons. The summed E-state index contributed by atoms with van der Waals surface area (Å²) in [6.07, 6.45) is 2.31. The Bertz CT molecular complexity index is 199. The SMILES string of the molecule is CC.O=Cc1cnc(Br)s1. The van der Waals surface area contributed by atoms with Crippen molar-refractivity contribution in [3.05, 3.63) is 15.0 Å². The number of halogens is 1. The van der Waals surface area contributed by atoms with E-state index in [-0.39, 0.29) is 0 Å². The quantitative estimate of drug-likeness (QED) is 0.684. The highest BCUT2D eigenvalue weighted by Crippen LogP contribution is 2.15. The maximum atomic E-state index is 9.97. The Morgan fingerprint density at radius 2 is 2.30 bits per heavy atom. The van der Waals surface area contributed by atoms with Crippen LogP contribution in [0.25, 0.3) is 0 Å². The van der Waals surface area contributed by atoms with Crippen LogP contribution in [-0.2, 0) is 0 Å². The molecule has 0 aromatic carbocycles. The van der Waals surface area contributed by atoms with Gasteiger partial charge in [-0.25, -0.2) is 4.98 Å². The summed E-state index contributed by atoms with van der Waals surface area (Å²) in [5.74, 6) is 0. The van der Waals surface area contributed by atoms with E-state index < -0.39 is 0 Å². The van der Waals surface area contributed by atoms with Gasteiger partial charge in [-0.3, -0.25) is 4.79 Å². The lowest BCUT2D eigenvalue weighted by molar-refractivity contribution is 0.112. The van der Waals surface area contributed by atoms with Gasteiger partial charge in [-0.15, -0.1) is 11.3 Å². The van der Waals surface area contributed by atoms with Crippen LogP contribution < -0.4 is 0 Å². The first-order chi connectivity index (χ1) is 4.83. The van der Waals surface area contributed by atoms with Gasteiger partial charge in [0.2, 0.25) is 0 Å². The van der Waals surface area contributed by atoms with Crippen LogP contribution in [0.2, 0.25) is 0 Å². The van der Waals surface area contributed by atoms with Crippen molar-refractivity contribution in [2.24, 2.45) is 0 Å². The molecular formula is C6H8BrNOS. The molecule has 0 amide bonds. The summed E-state index contributed by atoms with van der Waals surface area (Å²) in [7, 11) is 0. The topological polar surface area (TPSA) is 30.0 Å². The monoisotopic (exact) mass is 221 g/mol. The maximum Gasteiger partial charge on any atom is 0.161 e. The molecule has 1 aromatic rings. The van der Waals surface area contributed by atoms with Crippen molar-refractivity contribution in [1.29, 1.82) is 0 Å². The van der Waals surface area contributed by atoms with Crippen LogP contribution in [0.5, 0.6) is 0 Å². The Morgan fingerprint density at radius 3 is 2.50 bits per heavy atom. The molecule has 0 radical (unpaired) electrons. The molecule has 0 fully saturated rings. The van der Waals surface area contributed by atoms with Gasteiger partial charge in [-0.2, -0.15) is 0 Å². The number of aromatic nitrogens is 1. The Morgan fingerprint density at radius 1 is 1.70 bits per heavy atom. The average molecular weight is 222 g/mol. The zero-order chi connectivity index (χ0) is 7.98. The molecular weight excluding hydrogens is 214 g/mol. The van der Waals surface area contributed by atoms with Gasteiger partial charge in [0.15, 0.2) is 10.2 Å². The minimum atomic E-state index is 0.650. The third-order valence-electron chi connectivity index (χ3n) is 0.612. The van der Waals surface area contributed by atoms with Gasteiger partial charge in [0, 0.05) is 6.20 Å². The summed E-state index contributed by atoms with van der Waals surface area (Å²) < 4.78 is 0.750. The normalized spacial score (nSPS) is 7.90. The number of aldehydes is 1. The first kappa shape index (κ1) is 9.78. The Hall–Kier alpha value is -0.220. The first-order valence-corrected chi connectivity index (χ1v) is 4.50. The van der Waals surface area contributed by atoms with E-state index in [1.807, 2.05) is 13.8 Å². The van der Waals surface area contributed by atoms with Crippen LogP contribution in [0.3, 0.4) is 0 Å². The zero-order valence-corrected chi connectivity index (χ0v) is 8.20. The molecule has 0 spiro atoms. The van der Waals surface area contributed by atoms with E-state index in [2.05, 4.69) is 20.9 Å². The first-order valence-electron chi connectivity index (χ1n) is 2.89. The summed E-state index contributed by atoms with van der Waals surface area (Å²) in [6, 6.07) is 0. The molecule has 0 aliphatic carbocycles. The summed E-state index contributed by atoms with van der Waals surface area (Å²) in [6.45, 7) is 4.00. The number of nitrogens with zero attached hydrogens (tertiary/aromatic N) is 1. The Kier molecular flexibility index (Phi) is 5.43. The largest absolute Gasteiger partial charge is 0.297 e. The van der Waals surface area contributed by atoms with Crippen LogP contribution in [0.15, 0.2) is 10.1 Å². The average Bonchev–Trinajstić information content (AvgIpc) is 2.40. The van der Waals surface area contributed by atoms with Crippen LogP contribution in [0.4, 0.5) is 0 Å². The molecule has 1 aromatic heterocycles. The van der Waals surface area contributed by atoms with Crippen molar-refractivity contribution in [1.82, 2.24) is 4.98 Å². The van der Waals surface area contributed by atoms with Gasteiger partial charge in [0.1, 0.15) is 0 Å². The highest BCUT2D eigenvalue weighted by Gasteiger charge is 1.93. The number of hydrogen-bond acceptors (Lipinski definition) is 3. The van der Waals surface area contributed by atoms with Crippen molar-refractivity contribution in [3.63, 3.8) is 0 Å². The van der Waals surface area contributed by atoms with Gasteiger partial charge < -0.3 is 0 Å². The van der Waals surface area contributed by atoms with Gasteiger partial charge in [-0.1, -0.05) is 13.8 Å². The highest BCUT2D eigenvalue weighted by atomic mass is 79.9. The lowest BCUT2D eigenvalue weighted by atomic mass is 10.6. The molecule has 2 nitrogen and oxygen atoms in total. The molecule has 1 rings (SSSR count). The van der Waals surface area contributed by atoms with Gasteiger partial charge in [-0.05, 0) is 15.9 Å². The molecule has 0 aliphatic heterocycles. The summed E-state index contributed by atoms with van der Waals surface area (Å²) in [5.41, 5.74) is 0. The van der Waals surface area contributed by atoms with Crippen molar-refractivity contribution in [2.75, 3.05) is 0 Å². The predicted octanol–water partition coefficient (Wildman–Crippen LogP) is 2.74. The molecule has 0 atom stereocenters. The number of thiazole rings is 1. The lowest BCUT2D eigenvalue weighted by Gasteiger charge is -1.66. The fourth-order valence-electron chi connectivity index (χ4n) is 0.319. The number of rotatable bonds is 1. The summed E-state index contributed by atoms with van der Waals surface area (Å²) >= 11 is 4.45. The van der Waals surface area contributed by atoms with E-state index in [1.165, 1.54) is 17.5 Å². The maximum absolute atomic E-state index is 9.97. The molecule has 4 heteroatoms. The Balaban J connectivity index is 0.000000371. The van der Waals surface area contributed by atoms with Gasteiger partial charge in [0.25, 0.3) is 0 Å². The van der Waals surface area contributed by atoms with Crippen molar-refractivity contribution in [2.45, 2.75) is 13.8 Å². The van der Waals surface area contributed by atoms with Crippen LogP contribution in [-0.4, -0.2) is 11.3 Å². The minimum Gasteiger partial charge on any atom is -0.297 e. The molecule has 0 bridgehead atoms. The van der Waals surface area contributed by atoms with Gasteiger partial charge >= 0.3 is 0 Å². The van der Waals surface area contributed by atoms with E-state index >= 15 is 0 Å². The van der Waals surface area contributed by atoms with Crippen LogP contribution >= 0.6 is 27.3 Å². The number of hydrogen-bond donors (Lipinski definition) is 0. The third kappa shape index (κ3) is 3.08. The molecule has 0 saturated carbocycles. The number of carbonyl (C=O) groups is 1. The highest BCUT2D eigenvalue weighted by molar-refractivity contribution is 9.11. The molecule has 0 unspecified atom stereocenters. The standard InChI is InChI=1S/C4H2BrNOS.C2H6/c5-4-6-1-3(2-7)8-4;1-2/h1-2H;1-2H3. The van der Waals surface area contributed by atoms with E-state index in [4.69, 9.17) is 0 Å². The van der Waals surface area contributed by atoms with E-state index in [0.717, 1.165) is 10.2 Å². The molecule has 1 heterocycles. The molecule has 0 aliphatic rings. The predicted molar refractivity (Wildman–Crippen MR) is 46.5 cm³/mol. The van der Waals surface area contributed by atoms with Crippen molar-refractivity contribution < 1.29 is 4.79 Å². The fourth-order valence-corrected chi connectivity index (χ4v) is 1.44. The third-order valence-corrected chi connectivity index (χ3v) is 2.01. The zero-order valence-electron chi connectivity index (χ0n) is 5.80. The van der Waals surface area contributed by atoms with Crippen LogP contribution in [0, 0.1) is 0 Å². The molecule has 0 saturated heterocycles. The van der Waals surface area contributed by atoms with Gasteiger partial charge in [0.05, 0.1) is 4.88 Å². The summed E-state index contributed by atoms with van der Waals surface area (Å²) in [4.78, 5) is 14.4.